The van der Waals surface area contributed by atoms with Gasteiger partial charge in [0.05, 0.1) is 24.1 Å². The molecule has 1 aliphatic rings. The topological polar surface area (TPSA) is 56.5 Å². The van der Waals surface area contributed by atoms with E-state index in [0.717, 1.165) is 31.0 Å². The Morgan fingerprint density at radius 2 is 2.33 bits per heavy atom. The van der Waals surface area contributed by atoms with E-state index in [-0.39, 0.29) is 0 Å². The number of anilines is 2. The van der Waals surface area contributed by atoms with Gasteiger partial charge in [-0.15, -0.1) is 0 Å². The average Bonchev–Trinajstić information content (AvgIpc) is 2.41. The quantitative estimate of drug-likeness (QED) is 0.789. The van der Waals surface area contributed by atoms with Gasteiger partial charge in [0.25, 0.3) is 0 Å². The molecule has 4 heteroatoms. The molecule has 0 aromatic heterocycles. The van der Waals surface area contributed by atoms with Crippen molar-refractivity contribution in [2.24, 2.45) is 0 Å². The second-order valence-electron chi connectivity index (χ2n) is 4.52. The summed E-state index contributed by atoms with van der Waals surface area (Å²) >= 11 is 0. The summed E-state index contributed by atoms with van der Waals surface area (Å²) in [5.41, 5.74) is 7.66. The summed E-state index contributed by atoms with van der Waals surface area (Å²) in [6.45, 7) is 4.26. The highest BCUT2D eigenvalue weighted by atomic mass is 16.5. The van der Waals surface area contributed by atoms with Crippen molar-refractivity contribution in [3.63, 3.8) is 0 Å². The number of rotatable bonds is 5. The van der Waals surface area contributed by atoms with Gasteiger partial charge in [0.1, 0.15) is 5.75 Å². The zero-order chi connectivity index (χ0) is 12.8. The lowest BCUT2D eigenvalue weighted by atomic mass is 10.1. The summed E-state index contributed by atoms with van der Waals surface area (Å²) < 4.78 is 11.2. The number of hydrogen-bond donors (Lipinski definition) is 2. The first-order valence-corrected chi connectivity index (χ1v) is 6.68. The normalized spacial score (nSPS) is 19.5. The molecular formula is C14H22N2O2. The van der Waals surface area contributed by atoms with Gasteiger partial charge < -0.3 is 20.5 Å². The second kappa shape index (κ2) is 6.50. The van der Waals surface area contributed by atoms with Crippen LogP contribution < -0.4 is 15.8 Å². The minimum atomic E-state index is 0.300. The summed E-state index contributed by atoms with van der Waals surface area (Å²) in [5.74, 6) is 0.743. The van der Waals surface area contributed by atoms with Crippen LogP contribution >= 0.6 is 0 Å². The van der Waals surface area contributed by atoms with Crippen LogP contribution in [0.2, 0.25) is 0 Å². The van der Waals surface area contributed by atoms with Crippen LogP contribution in [0.15, 0.2) is 18.2 Å². The first-order chi connectivity index (χ1) is 8.81. The molecular weight excluding hydrogens is 228 g/mol. The van der Waals surface area contributed by atoms with Crippen molar-refractivity contribution in [2.45, 2.75) is 32.3 Å². The van der Waals surface area contributed by atoms with Crippen LogP contribution in [0, 0.1) is 0 Å². The third-order valence-electron chi connectivity index (χ3n) is 3.16. The summed E-state index contributed by atoms with van der Waals surface area (Å²) in [7, 11) is 0. The number of nitrogens with two attached hydrogens (primary N) is 1. The molecule has 1 aromatic rings. The fraction of sp³-hybridized carbons (Fsp3) is 0.571. The van der Waals surface area contributed by atoms with Crippen LogP contribution in [0.3, 0.4) is 0 Å². The lowest BCUT2D eigenvalue weighted by Gasteiger charge is -2.23. The van der Waals surface area contributed by atoms with Gasteiger partial charge >= 0.3 is 0 Å². The van der Waals surface area contributed by atoms with E-state index in [4.69, 9.17) is 15.2 Å². The van der Waals surface area contributed by atoms with E-state index in [9.17, 15) is 0 Å². The molecule has 18 heavy (non-hydrogen) atoms. The average molecular weight is 250 g/mol. The van der Waals surface area contributed by atoms with E-state index < -0.39 is 0 Å². The van der Waals surface area contributed by atoms with E-state index in [1.54, 1.807) is 0 Å². The zero-order valence-electron chi connectivity index (χ0n) is 10.9. The van der Waals surface area contributed by atoms with Crippen molar-refractivity contribution >= 4 is 11.4 Å². The van der Waals surface area contributed by atoms with Gasteiger partial charge in [0.2, 0.25) is 0 Å². The highest BCUT2D eigenvalue weighted by Gasteiger charge is 2.14. The predicted octanol–water partition coefficient (Wildman–Crippen LogP) is 2.65. The molecule has 100 valence electrons. The fourth-order valence-electron chi connectivity index (χ4n) is 2.17. The predicted molar refractivity (Wildman–Crippen MR) is 74.1 cm³/mol. The van der Waals surface area contributed by atoms with Crippen LogP contribution in [0.4, 0.5) is 11.4 Å². The van der Waals surface area contributed by atoms with Crippen molar-refractivity contribution in [1.29, 1.82) is 0 Å². The minimum Gasteiger partial charge on any atom is -0.492 e. The molecule has 0 aliphatic carbocycles. The Kier molecular flexibility index (Phi) is 4.70. The Morgan fingerprint density at radius 1 is 1.44 bits per heavy atom. The van der Waals surface area contributed by atoms with Crippen LogP contribution in [0.25, 0.3) is 0 Å². The lowest BCUT2D eigenvalue weighted by Crippen LogP contribution is -2.27. The first-order valence-electron chi connectivity index (χ1n) is 6.68. The maximum atomic E-state index is 6.06. The Balaban J connectivity index is 1.93. The maximum Gasteiger partial charge on any atom is 0.144 e. The molecule has 1 fully saturated rings. The molecule has 4 nitrogen and oxygen atoms in total. The van der Waals surface area contributed by atoms with E-state index in [1.165, 1.54) is 12.8 Å². The SMILES string of the molecule is CCOc1cccc(NCC2CCCCO2)c1N. The Hall–Kier alpha value is -1.42. The largest absolute Gasteiger partial charge is 0.492 e. The van der Waals surface area contributed by atoms with Crippen molar-refractivity contribution in [2.75, 3.05) is 30.8 Å². The summed E-state index contributed by atoms with van der Waals surface area (Å²) in [5, 5.41) is 3.35. The molecule has 0 spiro atoms. The molecule has 0 amide bonds. The van der Waals surface area contributed by atoms with Crippen LogP contribution in [0.5, 0.6) is 5.75 Å². The number of nitrogens with one attached hydrogen (secondary N) is 1. The molecule has 0 saturated carbocycles. The maximum absolute atomic E-state index is 6.06. The van der Waals surface area contributed by atoms with Gasteiger partial charge in [-0.1, -0.05) is 6.07 Å². The van der Waals surface area contributed by atoms with Crippen molar-refractivity contribution < 1.29 is 9.47 Å². The van der Waals surface area contributed by atoms with Gasteiger partial charge in [0, 0.05) is 13.2 Å². The zero-order valence-corrected chi connectivity index (χ0v) is 10.9. The number of nitrogen functional groups attached to an aromatic ring is 1. The minimum absolute atomic E-state index is 0.300. The summed E-state index contributed by atoms with van der Waals surface area (Å²) in [6, 6.07) is 5.81. The molecule has 1 atom stereocenters. The van der Waals surface area contributed by atoms with Gasteiger partial charge in [0.15, 0.2) is 0 Å². The lowest BCUT2D eigenvalue weighted by molar-refractivity contribution is 0.0248. The van der Waals surface area contributed by atoms with E-state index in [2.05, 4.69) is 5.32 Å². The number of hydrogen-bond acceptors (Lipinski definition) is 4. The van der Waals surface area contributed by atoms with Crippen LogP contribution in [0.1, 0.15) is 26.2 Å². The van der Waals surface area contributed by atoms with Gasteiger partial charge in [-0.2, -0.15) is 0 Å². The standard InChI is InChI=1S/C14H22N2O2/c1-2-17-13-8-5-7-12(14(13)15)16-10-11-6-3-4-9-18-11/h5,7-8,11,16H,2-4,6,9-10,15H2,1H3. The smallest absolute Gasteiger partial charge is 0.144 e. The Bertz CT molecular complexity index is 376. The van der Waals surface area contributed by atoms with E-state index >= 15 is 0 Å². The van der Waals surface area contributed by atoms with Gasteiger partial charge in [-0.05, 0) is 38.3 Å². The molecule has 1 heterocycles. The van der Waals surface area contributed by atoms with Crippen LogP contribution in [-0.2, 0) is 4.74 Å². The first kappa shape index (κ1) is 13.0. The molecule has 1 aliphatic heterocycles. The van der Waals surface area contributed by atoms with Crippen molar-refractivity contribution in [1.82, 2.24) is 0 Å². The van der Waals surface area contributed by atoms with Gasteiger partial charge in [-0.25, -0.2) is 0 Å². The highest BCUT2D eigenvalue weighted by Crippen LogP contribution is 2.29. The monoisotopic (exact) mass is 250 g/mol. The van der Waals surface area contributed by atoms with E-state index in [0.29, 0.717) is 18.4 Å². The Labute approximate surface area is 108 Å². The summed E-state index contributed by atoms with van der Waals surface area (Å²) in [6.07, 6.45) is 3.85. The molecule has 1 saturated heterocycles. The third kappa shape index (κ3) is 3.29. The molecule has 0 bridgehead atoms. The number of ether oxygens (including phenoxy) is 2. The highest BCUT2D eigenvalue weighted by molar-refractivity contribution is 5.72. The molecule has 2 rings (SSSR count). The summed E-state index contributed by atoms with van der Waals surface area (Å²) in [4.78, 5) is 0. The molecule has 0 radical (unpaired) electrons. The van der Waals surface area contributed by atoms with E-state index in [1.807, 2.05) is 25.1 Å². The second-order valence-corrected chi connectivity index (χ2v) is 4.52. The van der Waals surface area contributed by atoms with Crippen molar-refractivity contribution in [3.8, 4) is 5.75 Å². The van der Waals surface area contributed by atoms with Crippen molar-refractivity contribution in [3.05, 3.63) is 18.2 Å². The van der Waals surface area contributed by atoms with Crippen LogP contribution in [-0.4, -0.2) is 25.9 Å². The van der Waals surface area contributed by atoms with Gasteiger partial charge in [-0.3, -0.25) is 0 Å². The Morgan fingerprint density at radius 3 is 3.06 bits per heavy atom. The number of para-hydroxylation sites is 1. The fourth-order valence-corrected chi connectivity index (χ4v) is 2.17. The number of benzene rings is 1. The molecule has 1 unspecified atom stereocenters. The molecule has 3 N–H and O–H groups in total. The molecule has 1 aromatic carbocycles. The third-order valence-corrected chi connectivity index (χ3v) is 3.16.